The van der Waals surface area contributed by atoms with E-state index in [0.717, 1.165) is 29.7 Å². The highest BCUT2D eigenvalue weighted by Gasteiger charge is 2.34. The molecule has 3 rings (SSSR count). The molecule has 2 aliphatic heterocycles. The van der Waals surface area contributed by atoms with Crippen LogP contribution in [0.1, 0.15) is 31.2 Å². The van der Waals surface area contributed by atoms with Gasteiger partial charge in [-0.25, -0.2) is 0 Å². The Morgan fingerprint density at radius 3 is 2.80 bits per heavy atom. The lowest BCUT2D eigenvalue weighted by Crippen LogP contribution is -2.40. The fourth-order valence-electron chi connectivity index (χ4n) is 3.62. The second kappa shape index (κ2) is 8.81. The summed E-state index contributed by atoms with van der Waals surface area (Å²) in [7, 11) is 0. The van der Waals surface area contributed by atoms with E-state index >= 15 is 0 Å². The molecule has 2 aliphatic rings. The Balaban J connectivity index is 1.43. The largest absolute Gasteiger partial charge is 0.355 e. The van der Waals surface area contributed by atoms with Crippen LogP contribution in [0.25, 0.3) is 0 Å². The first-order valence-electron chi connectivity index (χ1n) is 9.14. The summed E-state index contributed by atoms with van der Waals surface area (Å²) in [6.45, 7) is 4.94. The van der Waals surface area contributed by atoms with Gasteiger partial charge in [0.15, 0.2) is 0 Å². The Morgan fingerprint density at radius 1 is 1.24 bits per heavy atom. The van der Waals surface area contributed by atoms with Crippen LogP contribution in [0, 0.1) is 5.92 Å². The van der Waals surface area contributed by atoms with Crippen molar-refractivity contribution in [3.05, 3.63) is 34.3 Å². The molecule has 0 radical (unpaired) electrons. The van der Waals surface area contributed by atoms with E-state index in [1.165, 1.54) is 19.3 Å². The number of halogens is 1. The zero-order valence-corrected chi connectivity index (χ0v) is 16.1. The number of likely N-dealkylation sites (tertiary alicyclic amines) is 2. The fraction of sp³-hybridized carbons (Fsp3) is 0.579. The zero-order chi connectivity index (χ0) is 17.6. The molecule has 0 bridgehead atoms. The van der Waals surface area contributed by atoms with Crippen LogP contribution in [-0.2, 0) is 16.1 Å². The topological polar surface area (TPSA) is 52.7 Å². The summed E-state index contributed by atoms with van der Waals surface area (Å²) >= 11 is 3.45. The van der Waals surface area contributed by atoms with Crippen molar-refractivity contribution in [3.8, 4) is 0 Å². The van der Waals surface area contributed by atoms with Crippen molar-refractivity contribution in [2.45, 2.75) is 32.2 Å². The first-order chi connectivity index (χ1) is 12.1. The highest BCUT2D eigenvalue weighted by molar-refractivity contribution is 9.10. The van der Waals surface area contributed by atoms with Gasteiger partial charge in [0.05, 0.1) is 5.92 Å². The summed E-state index contributed by atoms with van der Waals surface area (Å²) in [6, 6.07) is 7.95. The van der Waals surface area contributed by atoms with E-state index in [-0.39, 0.29) is 17.7 Å². The molecule has 1 aromatic rings. The number of hydrogen-bond donors (Lipinski definition) is 1. The van der Waals surface area contributed by atoms with Gasteiger partial charge in [0.1, 0.15) is 0 Å². The van der Waals surface area contributed by atoms with Crippen molar-refractivity contribution in [1.82, 2.24) is 15.1 Å². The Kier molecular flexibility index (Phi) is 6.48. The van der Waals surface area contributed by atoms with Gasteiger partial charge < -0.3 is 15.1 Å². The fourth-order valence-corrected chi connectivity index (χ4v) is 4.07. The van der Waals surface area contributed by atoms with Crippen LogP contribution in [0.5, 0.6) is 0 Å². The van der Waals surface area contributed by atoms with Crippen LogP contribution in [0.15, 0.2) is 28.7 Å². The number of rotatable bonds is 6. The van der Waals surface area contributed by atoms with Crippen molar-refractivity contribution in [2.75, 3.05) is 32.7 Å². The highest BCUT2D eigenvalue weighted by Crippen LogP contribution is 2.21. The van der Waals surface area contributed by atoms with Crippen LogP contribution in [0.4, 0.5) is 0 Å². The molecule has 6 heteroatoms. The molecule has 2 amide bonds. The number of amides is 2. The van der Waals surface area contributed by atoms with Crippen molar-refractivity contribution in [2.24, 2.45) is 5.92 Å². The maximum Gasteiger partial charge on any atom is 0.225 e. The van der Waals surface area contributed by atoms with Gasteiger partial charge in [-0.3, -0.25) is 9.59 Å². The van der Waals surface area contributed by atoms with E-state index in [4.69, 9.17) is 0 Å². The molecule has 2 saturated heterocycles. The second-order valence-electron chi connectivity index (χ2n) is 7.00. The van der Waals surface area contributed by atoms with Gasteiger partial charge in [0.25, 0.3) is 0 Å². The average molecular weight is 408 g/mol. The van der Waals surface area contributed by atoms with Gasteiger partial charge in [-0.05, 0) is 43.6 Å². The Labute approximate surface area is 157 Å². The summed E-state index contributed by atoms with van der Waals surface area (Å²) in [5, 5.41) is 3.02. The molecule has 0 spiro atoms. The first-order valence-corrected chi connectivity index (χ1v) is 9.93. The summed E-state index contributed by atoms with van der Waals surface area (Å²) in [5.41, 5.74) is 1.08. The lowest BCUT2D eigenvalue weighted by atomic mass is 10.1. The lowest BCUT2D eigenvalue weighted by Gasteiger charge is -2.26. The molecular formula is C19H26BrN3O2. The van der Waals surface area contributed by atoms with Crippen molar-refractivity contribution < 1.29 is 9.59 Å². The van der Waals surface area contributed by atoms with Gasteiger partial charge in [-0.2, -0.15) is 0 Å². The molecule has 1 N–H and O–H groups in total. The Morgan fingerprint density at radius 2 is 2.04 bits per heavy atom. The van der Waals surface area contributed by atoms with Gasteiger partial charge in [-0.1, -0.05) is 34.5 Å². The molecule has 136 valence electrons. The van der Waals surface area contributed by atoms with Gasteiger partial charge in [0.2, 0.25) is 11.8 Å². The molecule has 5 nitrogen and oxygen atoms in total. The van der Waals surface area contributed by atoms with E-state index in [2.05, 4.69) is 26.1 Å². The molecule has 0 saturated carbocycles. The van der Waals surface area contributed by atoms with Crippen LogP contribution in [0.2, 0.25) is 0 Å². The van der Waals surface area contributed by atoms with Crippen LogP contribution in [0.3, 0.4) is 0 Å². The molecule has 0 aliphatic carbocycles. The number of piperidine rings is 1. The monoisotopic (exact) mass is 407 g/mol. The number of hydrogen-bond acceptors (Lipinski definition) is 3. The van der Waals surface area contributed by atoms with Crippen molar-refractivity contribution in [3.63, 3.8) is 0 Å². The number of carbonyl (C=O) groups is 2. The number of benzene rings is 1. The zero-order valence-electron chi connectivity index (χ0n) is 14.5. The predicted octanol–water partition coefficient (Wildman–Crippen LogP) is 2.40. The summed E-state index contributed by atoms with van der Waals surface area (Å²) in [4.78, 5) is 28.8. The number of nitrogens with one attached hydrogen (secondary N) is 1. The molecule has 1 aromatic carbocycles. The minimum Gasteiger partial charge on any atom is -0.355 e. The molecule has 0 aromatic heterocycles. The maximum atomic E-state index is 12.4. The van der Waals surface area contributed by atoms with E-state index in [9.17, 15) is 9.59 Å². The van der Waals surface area contributed by atoms with Crippen LogP contribution < -0.4 is 5.32 Å². The number of carbonyl (C=O) groups excluding carboxylic acids is 2. The molecular weight excluding hydrogens is 382 g/mol. The summed E-state index contributed by atoms with van der Waals surface area (Å²) in [6.07, 6.45) is 4.16. The Hall–Kier alpha value is -1.40. The Bertz CT molecular complexity index is 616. The van der Waals surface area contributed by atoms with Crippen molar-refractivity contribution in [1.29, 1.82) is 0 Å². The van der Waals surface area contributed by atoms with Crippen molar-refractivity contribution >= 4 is 27.7 Å². The van der Waals surface area contributed by atoms with E-state index in [1.807, 2.05) is 24.3 Å². The van der Waals surface area contributed by atoms with E-state index < -0.39 is 0 Å². The molecule has 25 heavy (non-hydrogen) atoms. The third kappa shape index (κ3) is 5.28. The molecule has 2 heterocycles. The number of nitrogens with zero attached hydrogens (tertiary/aromatic N) is 2. The SMILES string of the molecule is O=C(NCCN1CCCCC1)[C@H]1CC(=O)N(Cc2cccc(Br)c2)C1. The quantitative estimate of drug-likeness (QED) is 0.787. The third-order valence-electron chi connectivity index (χ3n) is 5.02. The normalized spacial score (nSPS) is 21.6. The van der Waals surface area contributed by atoms with E-state index in [1.54, 1.807) is 4.90 Å². The molecule has 0 unspecified atom stereocenters. The second-order valence-corrected chi connectivity index (χ2v) is 7.91. The lowest BCUT2D eigenvalue weighted by molar-refractivity contribution is -0.129. The minimum atomic E-state index is -0.221. The summed E-state index contributed by atoms with van der Waals surface area (Å²) in [5.74, 6) is -0.140. The van der Waals surface area contributed by atoms with Crippen LogP contribution in [-0.4, -0.2) is 54.3 Å². The standard InChI is InChI=1S/C19H26BrN3O2/c20-17-6-4-5-15(11-17)13-23-14-16(12-18(23)24)19(25)21-7-10-22-8-2-1-3-9-22/h4-6,11,16H,1-3,7-10,12-14H2,(H,21,25)/t16-/m0/s1. The maximum absolute atomic E-state index is 12.4. The minimum absolute atomic E-state index is 0.0158. The van der Waals surface area contributed by atoms with Gasteiger partial charge in [-0.15, -0.1) is 0 Å². The van der Waals surface area contributed by atoms with Gasteiger partial charge in [0, 0.05) is 37.1 Å². The predicted molar refractivity (Wildman–Crippen MR) is 101 cm³/mol. The molecule has 1 atom stereocenters. The highest BCUT2D eigenvalue weighted by atomic mass is 79.9. The smallest absolute Gasteiger partial charge is 0.225 e. The van der Waals surface area contributed by atoms with Crippen LogP contribution >= 0.6 is 15.9 Å². The first kappa shape index (κ1) is 18.4. The van der Waals surface area contributed by atoms with E-state index in [0.29, 0.717) is 26.1 Å². The molecule has 2 fully saturated rings. The average Bonchev–Trinajstić information content (AvgIpc) is 2.97. The summed E-state index contributed by atoms with van der Waals surface area (Å²) < 4.78 is 1.00. The van der Waals surface area contributed by atoms with Gasteiger partial charge >= 0.3 is 0 Å². The third-order valence-corrected chi connectivity index (χ3v) is 5.52.